The molecule has 0 saturated heterocycles. The smallest absolute Gasteiger partial charge is 0.241 e. The number of anilines is 1. The maximum Gasteiger partial charge on any atom is 0.241 e. The molecule has 0 bridgehead atoms. The monoisotopic (exact) mass is 291 g/mol. The van der Waals surface area contributed by atoms with Crippen molar-refractivity contribution in [3.8, 4) is 0 Å². The van der Waals surface area contributed by atoms with E-state index < -0.39 is 22.0 Å². The number of nitrogens with one attached hydrogen (secondary N) is 1. The minimum Gasteiger partial charge on any atom is -0.398 e. The van der Waals surface area contributed by atoms with Gasteiger partial charge in [0.1, 0.15) is 0 Å². The number of nitrogens with two attached hydrogens (primary N) is 2. The van der Waals surface area contributed by atoms with Gasteiger partial charge in [0.25, 0.3) is 0 Å². The molecule has 6 nitrogen and oxygen atoms in total. The van der Waals surface area contributed by atoms with Crippen LogP contribution in [-0.4, -0.2) is 20.4 Å². The highest BCUT2D eigenvalue weighted by atomic mass is 35.5. The van der Waals surface area contributed by atoms with Gasteiger partial charge >= 0.3 is 0 Å². The fourth-order valence-corrected chi connectivity index (χ4v) is 3.11. The third-order valence-corrected chi connectivity index (χ3v) is 4.30. The van der Waals surface area contributed by atoms with Crippen LogP contribution in [0.3, 0.4) is 0 Å². The van der Waals surface area contributed by atoms with Gasteiger partial charge in [-0.15, -0.1) is 0 Å². The lowest BCUT2D eigenvalue weighted by atomic mass is 10.2. The van der Waals surface area contributed by atoms with Crippen LogP contribution in [0.4, 0.5) is 5.69 Å². The Morgan fingerprint density at radius 2 is 2.00 bits per heavy atom. The molecule has 0 heterocycles. The van der Waals surface area contributed by atoms with E-state index in [-0.39, 0.29) is 15.6 Å². The molecule has 0 fully saturated rings. The third-order valence-electron chi connectivity index (χ3n) is 2.41. The summed E-state index contributed by atoms with van der Waals surface area (Å²) in [7, 11) is -3.90. The van der Waals surface area contributed by atoms with Crippen molar-refractivity contribution in [1.29, 1.82) is 0 Å². The second-order valence-corrected chi connectivity index (χ2v) is 5.98. The Hall–Kier alpha value is -1.31. The van der Waals surface area contributed by atoms with Gasteiger partial charge in [-0.2, -0.15) is 4.72 Å². The van der Waals surface area contributed by atoms with Crippen molar-refractivity contribution in [3.63, 3.8) is 0 Å². The van der Waals surface area contributed by atoms with Crippen LogP contribution in [0.1, 0.15) is 12.5 Å². The minimum absolute atomic E-state index is 0.0689. The molecule has 1 aromatic carbocycles. The Bertz CT molecular complexity index is 586. The SMILES string of the molecule is Cc1c(N)cc(Cl)cc1S(=O)(=O)NC(C)C(N)=O. The number of sulfonamides is 1. The van der Waals surface area contributed by atoms with E-state index in [0.29, 0.717) is 5.56 Å². The summed E-state index contributed by atoms with van der Waals surface area (Å²) < 4.78 is 26.2. The number of hydrogen-bond acceptors (Lipinski definition) is 4. The number of carbonyl (C=O) groups is 1. The Labute approximate surface area is 110 Å². The molecule has 18 heavy (non-hydrogen) atoms. The van der Waals surface area contributed by atoms with Gasteiger partial charge < -0.3 is 11.5 Å². The van der Waals surface area contributed by atoms with E-state index in [1.165, 1.54) is 19.1 Å². The normalized spacial score (nSPS) is 13.3. The van der Waals surface area contributed by atoms with Gasteiger partial charge in [0, 0.05) is 10.7 Å². The van der Waals surface area contributed by atoms with Gasteiger partial charge in [0.05, 0.1) is 10.9 Å². The lowest BCUT2D eigenvalue weighted by Crippen LogP contribution is -2.42. The zero-order valence-corrected chi connectivity index (χ0v) is 11.5. The van der Waals surface area contributed by atoms with Crippen LogP contribution in [-0.2, 0) is 14.8 Å². The highest BCUT2D eigenvalue weighted by molar-refractivity contribution is 7.89. The molecule has 0 saturated carbocycles. The standard InChI is InChI=1S/C10H14ClN3O3S/c1-5-8(12)3-7(11)4-9(5)18(16,17)14-6(2)10(13)15/h3-4,6,14H,12H2,1-2H3,(H2,13,15). The molecule has 1 aromatic rings. The van der Waals surface area contributed by atoms with Crippen molar-refractivity contribution in [1.82, 2.24) is 4.72 Å². The van der Waals surface area contributed by atoms with E-state index in [1.807, 2.05) is 0 Å². The quantitative estimate of drug-likeness (QED) is 0.696. The average Bonchev–Trinajstić information content (AvgIpc) is 2.22. The summed E-state index contributed by atoms with van der Waals surface area (Å²) in [6.07, 6.45) is 0. The summed E-state index contributed by atoms with van der Waals surface area (Å²) in [4.78, 5) is 10.8. The first-order valence-corrected chi connectivity index (χ1v) is 6.88. The van der Waals surface area contributed by atoms with Gasteiger partial charge in [-0.05, 0) is 31.5 Å². The first kappa shape index (κ1) is 14.7. The molecule has 5 N–H and O–H groups in total. The Morgan fingerprint density at radius 3 is 2.50 bits per heavy atom. The number of hydrogen-bond donors (Lipinski definition) is 3. The molecule has 0 aliphatic carbocycles. The molecule has 100 valence electrons. The second kappa shape index (κ2) is 5.13. The topological polar surface area (TPSA) is 115 Å². The predicted molar refractivity (Wildman–Crippen MR) is 69.6 cm³/mol. The second-order valence-electron chi connectivity index (χ2n) is 3.86. The number of halogens is 1. The first-order chi connectivity index (χ1) is 8.15. The predicted octanol–water partition coefficient (Wildman–Crippen LogP) is 0.383. The number of nitrogen functional groups attached to an aromatic ring is 1. The van der Waals surface area contributed by atoms with E-state index in [4.69, 9.17) is 23.1 Å². The number of benzene rings is 1. The maximum absolute atomic E-state index is 12.0. The number of primary amides is 1. The van der Waals surface area contributed by atoms with Crippen molar-refractivity contribution in [2.24, 2.45) is 5.73 Å². The molecule has 8 heteroatoms. The molecule has 1 unspecified atom stereocenters. The molecular formula is C10H14ClN3O3S. The molecule has 1 amide bonds. The lowest BCUT2D eigenvalue weighted by Gasteiger charge is -2.14. The van der Waals surface area contributed by atoms with Gasteiger partial charge in [-0.3, -0.25) is 4.79 Å². The summed E-state index contributed by atoms with van der Waals surface area (Å²) in [6, 6.07) is 1.70. The zero-order valence-electron chi connectivity index (χ0n) is 9.90. The lowest BCUT2D eigenvalue weighted by molar-refractivity contribution is -0.119. The van der Waals surface area contributed by atoms with E-state index in [1.54, 1.807) is 6.92 Å². The van der Waals surface area contributed by atoms with Crippen LogP contribution < -0.4 is 16.2 Å². The maximum atomic E-state index is 12.0. The van der Waals surface area contributed by atoms with E-state index in [9.17, 15) is 13.2 Å². The zero-order chi connectivity index (χ0) is 14.1. The molecule has 1 atom stereocenters. The Morgan fingerprint density at radius 1 is 1.44 bits per heavy atom. The van der Waals surface area contributed by atoms with E-state index in [2.05, 4.69) is 4.72 Å². The summed E-state index contributed by atoms with van der Waals surface area (Å²) in [6.45, 7) is 2.90. The van der Waals surface area contributed by atoms with Crippen LogP contribution in [0.2, 0.25) is 5.02 Å². The van der Waals surface area contributed by atoms with Gasteiger partial charge in [-0.25, -0.2) is 8.42 Å². The van der Waals surface area contributed by atoms with Gasteiger partial charge in [0.15, 0.2) is 0 Å². The minimum atomic E-state index is -3.90. The molecule has 0 radical (unpaired) electrons. The summed E-state index contributed by atoms with van der Waals surface area (Å²) in [5.74, 6) is -0.772. The Kier molecular flexibility index (Phi) is 4.20. The third kappa shape index (κ3) is 3.12. The van der Waals surface area contributed by atoms with Crippen LogP contribution in [0.15, 0.2) is 17.0 Å². The van der Waals surface area contributed by atoms with E-state index >= 15 is 0 Å². The highest BCUT2D eigenvalue weighted by Crippen LogP contribution is 2.25. The summed E-state index contributed by atoms with van der Waals surface area (Å²) in [5, 5.41) is 0.199. The van der Waals surface area contributed by atoms with Gasteiger partial charge in [0.2, 0.25) is 15.9 Å². The number of rotatable bonds is 4. The van der Waals surface area contributed by atoms with Crippen molar-refractivity contribution in [2.75, 3.05) is 5.73 Å². The average molecular weight is 292 g/mol. The van der Waals surface area contributed by atoms with Crippen molar-refractivity contribution >= 4 is 33.2 Å². The summed E-state index contributed by atoms with van der Waals surface area (Å²) >= 11 is 5.76. The number of carbonyl (C=O) groups excluding carboxylic acids is 1. The fourth-order valence-electron chi connectivity index (χ4n) is 1.31. The van der Waals surface area contributed by atoms with Gasteiger partial charge in [-0.1, -0.05) is 11.6 Å². The van der Waals surface area contributed by atoms with Crippen LogP contribution in [0, 0.1) is 6.92 Å². The van der Waals surface area contributed by atoms with Crippen molar-refractivity contribution in [2.45, 2.75) is 24.8 Å². The van der Waals surface area contributed by atoms with Crippen molar-refractivity contribution < 1.29 is 13.2 Å². The highest BCUT2D eigenvalue weighted by Gasteiger charge is 2.23. The fraction of sp³-hybridized carbons (Fsp3) is 0.300. The molecule has 1 rings (SSSR count). The van der Waals surface area contributed by atoms with Crippen LogP contribution in [0.25, 0.3) is 0 Å². The number of amides is 1. The van der Waals surface area contributed by atoms with E-state index in [0.717, 1.165) is 0 Å². The molecule has 0 aliphatic rings. The molecule has 0 aliphatic heterocycles. The van der Waals surface area contributed by atoms with Crippen LogP contribution in [0.5, 0.6) is 0 Å². The van der Waals surface area contributed by atoms with Crippen LogP contribution >= 0.6 is 11.6 Å². The Balaban J connectivity index is 3.25. The van der Waals surface area contributed by atoms with Crippen molar-refractivity contribution in [3.05, 3.63) is 22.7 Å². The summed E-state index contributed by atoms with van der Waals surface area (Å²) in [5.41, 5.74) is 11.3. The largest absolute Gasteiger partial charge is 0.398 e. The molecular weight excluding hydrogens is 278 g/mol. The molecule has 0 aromatic heterocycles. The first-order valence-electron chi connectivity index (χ1n) is 5.02. The molecule has 0 spiro atoms.